The second-order valence-electron chi connectivity index (χ2n) is 5.05. The van der Waals surface area contributed by atoms with Gasteiger partial charge in [0.2, 0.25) is 5.91 Å². The lowest BCUT2D eigenvalue weighted by Gasteiger charge is -2.20. The number of hydrogen-bond donors (Lipinski definition) is 0. The molecule has 2 aromatic carbocycles. The van der Waals surface area contributed by atoms with Crippen LogP contribution in [0.4, 0.5) is 0 Å². The second kappa shape index (κ2) is 5.82. The van der Waals surface area contributed by atoms with Crippen LogP contribution >= 0.6 is 15.9 Å². The molecule has 3 nitrogen and oxygen atoms in total. The lowest BCUT2D eigenvalue weighted by atomic mass is 9.98. The molecule has 0 unspecified atom stereocenters. The van der Waals surface area contributed by atoms with Crippen LogP contribution in [0.3, 0.4) is 0 Å². The molecule has 0 fully saturated rings. The van der Waals surface area contributed by atoms with E-state index in [0.29, 0.717) is 0 Å². The number of nitrogens with zero attached hydrogens (tertiary/aromatic N) is 2. The molecule has 0 N–H and O–H groups in total. The van der Waals surface area contributed by atoms with Crippen molar-refractivity contribution >= 4 is 27.5 Å². The molecule has 1 aliphatic heterocycles. The van der Waals surface area contributed by atoms with Crippen LogP contribution < -0.4 is 0 Å². The highest BCUT2D eigenvalue weighted by molar-refractivity contribution is 9.10. The zero-order valence-corrected chi connectivity index (χ0v) is 13.2. The van der Waals surface area contributed by atoms with Crippen LogP contribution in [-0.4, -0.2) is 16.6 Å². The maximum Gasteiger partial charge on any atom is 0.240 e. The molecule has 0 saturated heterocycles. The van der Waals surface area contributed by atoms with Gasteiger partial charge in [0, 0.05) is 17.8 Å². The minimum absolute atomic E-state index is 0.0117. The summed E-state index contributed by atoms with van der Waals surface area (Å²) in [4.78, 5) is 11.9. The summed E-state index contributed by atoms with van der Waals surface area (Å²) in [5.41, 5.74) is 3.12. The molecule has 0 radical (unpaired) electrons. The molecule has 2 aromatic rings. The number of halogens is 1. The topological polar surface area (TPSA) is 32.7 Å². The first-order valence-electron chi connectivity index (χ1n) is 6.83. The predicted molar refractivity (Wildman–Crippen MR) is 87.0 cm³/mol. The van der Waals surface area contributed by atoms with Gasteiger partial charge in [0.15, 0.2) is 0 Å². The second-order valence-corrected chi connectivity index (χ2v) is 5.96. The number of hydrazone groups is 1. The van der Waals surface area contributed by atoms with Crippen molar-refractivity contribution in [2.45, 2.75) is 19.4 Å². The summed E-state index contributed by atoms with van der Waals surface area (Å²) >= 11 is 3.43. The number of rotatable bonds is 2. The van der Waals surface area contributed by atoms with Crippen LogP contribution in [0.2, 0.25) is 0 Å². The van der Waals surface area contributed by atoms with Crippen LogP contribution in [0, 0.1) is 0 Å². The van der Waals surface area contributed by atoms with Crippen LogP contribution in [0.25, 0.3) is 0 Å². The summed E-state index contributed by atoms with van der Waals surface area (Å²) in [5.74, 6) is -0.0315. The summed E-state index contributed by atoms with van der Waals surface area (Å²) in [6.07, 6.45) is 0.741. The lowest BCUT2D eigenvalue weighted by Crippen LogP contribution is -2.24. The van der Waals surface area contributed by atoms with Gasteiger partial charge in [-0.3, -0.25) is 4.79 Å². The van der Waals surface area contributed by atoms with E-state index in [0.717, 1.165) is 27.7 Å². The molecular weight excluding hydrogens is 328 g/mol. The van der Waals surface area contributed by atoms with Crippen LogP contribution in [0.1, 0.15) is 30.5 Å². The van der Waals surface area contributed by atoms with E-state index >= 15 is 0 Å². The fourth-order valence-corrected chi connectivity index (χ4v) is 2.82. The quantitative estimate of drug-likeness (QED) is 0.806. The van der Waals surface area contributed by atoms with Gasteiger partial charge in [-0.2, -0.15) is 5.10 Å². The number of carbonyl (C=O) groups is 1. The van der Waals surface area contributed by atoms with E-state index in [4.69, 9.17) is 0 Å². The van der Waals surface area contributed by atoms with Gasteiger partial charge < -0.3 is 0 Å². The van der Waals surface area contributed by atoms with E-state index in [2.05, 4.69) is 21.0 Å². The van der Waals surface area contributed by atoms with Gasteiger partial charge in [-0.15, -0.1) is 0 Å². The van der Waals surface area contributed by atoms with Crippen molar-refractivity contribution in [2.24, 2.45) is 5.10 Å². The third-order valence-electron chi connectivity index (χ3n) is 3.59. The lowest BCUT2D eigenvalue weighted by molar-refractivity contribution is -0.130. The van der Waals surface area contributed by atoms with Gasteiger partial charge in [-0.1, -0.05) is 58.4 Å². The molecule has 3 rings (SSSR count). The molecule has 0 aromatic heterocycles. The molecule has 4 heteroatoms. The van der Waals surface area contributed by atoms with E-state index in [1.165, 1.54) is 0 Å². The zero-order chi connectivity index (χ0) is 14.8. The van der Waals surface area contributed by atoms with E-state index in [1.807, 2.05) is 54.6 Å². The minimum Gasteiger partial charge on any atom is -0.273 e. The number of carbonyl (C=O) groups excluding carboxylic acids is 1. The SMILES string of the molecule is CC(=O)N1N=C(c2ccc(Br)cc2)C[C@@H]1c1ccccc1. The Morgan fingerprint density at radius 2 is 1.81 bits per heavy atom. The Hall–Kier alpha value is -1.94. The molecule has 1 amide bonds. The van der Waals surface area contributed by atoms with Gasteiger partial charge in [-0.25, -0.2) is 5.01 Å². The van der Waals surface area contributed by atoms with E-state index in [1.54, 1.807) is 11.9 Å². The smallest absolute Gasteiger partial charge is 0.240 e. The van der Waals surface area contributed by atoms with Crippen molar-refractivity contribution < 1.29 is 4.79 Å². The van der Waals surface area contributed by atoms with Gasteiger partial charge in [0.25, 0.3) is 0 Å². The van der Waals surface area contributed by atoms with Crippen molar-refractivity contribution in [3.63, 3.8) is 0 Å². The maximum absolute atomic E-state index is 11.9. The molecule has 0 spiro atoms. The summed E-state index contributed by atoms with van der Waals surface area (Å²) in [7, 11) is 0. The highest BCUT2D eigenvalue weighted by Crippen LogP contribution is 2.32. The van der Waals surface area contributed by atoms with Crippen LogP contribution in [0.5, 0.6) is 0 Å². The summed E-state index contributed by atoms with van der Waals surface area (Å²) in [6.45, 7) is 1.56. The van der Waals surface area contributed by atoms with Crippen molar-refractivity contribution in [2.75, 3.05) is 0 Å². The standard InChI is InChI=1S/C17H15BrN2O/c1-12(21)20-17(14-5-3-2-4-6-14)11-16(19-20)13-7-9-15(18)10-8-13/h2-10,17H,11H2,1H3/t17-/m1/s1. The van der Waals surface area contributed by atoms with Crippen molar-refractivity contribution in [1.82, 2.24) is 5.01 Å². The predicted octanol–water partition coefficient (Wildman–Crippen LogP) is 4.15. The molecular formula is C17H15BrN2O. The maximum atomic E-state index is 11.9. The largest absolute Gasteiger partial charge is 0.273 e. The molecule has 1 aliphatic rings. The summed E-state index contributed by atoms with van der Waals surface area (Å²) in [6, 6.07) is 18.1. The first-order valence-corrected chi connectivity index (χ1v) is 7.62. The van der Waals surface area contributed by atoms with E-state index < -0.39 is 0 Å². The van der Waals surface area contributed by atoms with Crippen molar-refractivity contribution in [3.8, 4) is 0 Å². The zero-order valence-electron chi connectivity index (χ0n) is 11.7. The number of amides is 1. The van der Waals surface area contributed by atoms with Crippen molar-refractivity contribution in [3.05, 3.63) is 70.2 Å². The molecule has 1 heterocycles. The molecule has 1 atom stereocenters. The van der Waals surface area contributed by atoms with Gasteiger partial charge in [0.1, 0.15) is 0 Å². The van der Waals surface area contributed by atoms with Crippen molar-refractivity contribution in [1.29, 1.82) is 0 Å². The number of benzene rings is 2. The Kier molecular flexibility index (Phi) is 3.88. The third-order valence-corrected chi connectivity index (χ3v) is 4.12. The highest BCUT2D eigenvalue weighted by atomic mass is 79.9. The monoisotopic (exact) mass is 342 g/mol. The summed E-state index contributed by atoms with van der Waals surface area (Å²) < 4.78 is 1.04. The Bertz CT molecular complexity index is 680. The molecule has 21 heavy (non-hydrogen) atoms. The minimum atomic E-state index is -0.0315. The molecule has 0 bridgehead atoms. The van der Waals surface area contributed by atoms with Crippen LogP contribution in [-0.2, 0) is 4.79 Å². The Morgan fingerprint density at radius 1 is 1.14 bits per heavy atom. The summed E-state index contributed by atoms with van der Waals surface area (Å²) in [5, 5.41) is 6.12. The first kappa shape index (κ1) is 14.0. The normalized spacial score (nSPS) is 17.7. The van der Waals surface area contributed by atoms with Gasteiger partial charge in [-0.05, 0) is 23.3 Å². The average molecular weight is 343 g/mol. The molecule has 0 aliphatic carbocycles. The average Bonchev–Trinajstić information content (AvgIpc) is 2.94. The Morgan fingerprint density at radius 3 is 2.43 bits per heavy atom. The van der Waals surface area contributed by atoms with E-state index in [-0.39, 0.29) is 11.9 Å². The third kappa shape index (κ3) is 2.90. The fourth-order valence-electron chi connectivity index (χ4n) is 2.55. The van der Waals surface area contributed by atoms with E-state index in [9.17, 15) is 4.79 Å². The van der Waals surface area contributed by atoms with Gasteiger partial charge in [0.05, 0.1) is 11.8 Å². The first-order chi connectivity index (χ1) is 10.1. The Balaban J connectivity index is 1.93. The molecule has 106 valence electrons. The highest BCUT2D eigenvalue weighted by Gasteiger charge is 2.31. The van der Waals surface area contributed by atoms with Gasteiger partial charge >= 0.3 is 0 Å². The molecule has 0 saturated carbocycles. The Labute approximate surface area is 132 Å². The van der Waals surface area contributed by atoms with Crippen LogP contribution in [0.15, 0.2) is 64.2 Å². The fraction of sp³-hybridized carbons (Fsp3) is 0.176. The number of hydrogen-bond acceptors (Lipinski definition) is 2.